The van der Waals surface area contributed by atoms with Crippen molar-refractivity contribution >= 4 is 0 Å². The molecular weight excluding hydrogens is 384 g/mol. The van der Waals surface area contributed by atoms with E-state index in [0.29, 0.717) is 27.1 Å². The van der Waals surface area contributed by atoms with E-state index in [1.165, 1.54) is 82.6 Å². The number of hydrogen-bond acceptors (Lipinski definition) is 0. The first-order valence-electron chi connectivity index (χ1n) is 14.2. The molecule has 32 heavy (non-hydrogen) atoms. The molecular formula is C32H54. The molecule has 0 radical (unpaired) electrons. The van der Waals surface area contributed by atoms with Crippen molar-refractivity contribution < 1.29 is 0 Å². The minimum atomic E-state index is 0.501. The number of rotatable bonds is 1. The van der Waals surface area contributed by atoms with Crippen LogP contribution in [-0.4, -0.2) is 0 Å². The van der Waals surface area contributed by atoms with Crippen molar-refractivity contribution in [2.24, 2.45) is 50.7 Å². The Morgan fingerprint density at radius 3 is 2.06 bits per heavy atom. The Bertz CT molecular complexity index is 743. The third-order valence-corrected chi connectivity index (χ3v) is 13.0. The molecule has 0 saturated heterocycles. The molecule has 0 heteroatoms. The second kappa shape index (κ2) is 8.02. The van der Waals surface area contributed by atoms with E-state index in [1.54, 1.807) is 6.08 Å². The highest BCUT2D eigenvalue weighted by molar-refractivity contribution is 5.22. The summed E-state index contributed by atoms with van der Waals surface area (Å²) < 4.78 is 0. The summed E-state index contributed by atoms with van der Waals surface area (Å²) in [7, 11) is 0. The lowest BCUT2D eigenvalue weighted by Crippen LogP contribution is -2.65. The first-order valence-corrected chi connectivity index (χ1v) is 14.2. The molecule has 0 spiro atoms. The van der Waals surface area contributed by atoms with Crippen molar-refractivity contribution in [2.45, 2.75) is 126 Å². The quantitative estimate of drug-likeness (QED) is 0.357. The van der Waals surface area contributed by atoms with Crippen LogP contribution >= 0.6 is 0 Å². The fourth-order valence-electron chi connectivity index (χ4n) is 11.4. The Kier molecular flexibility index (Phi) is 6.16. The molecule has 5 saturated carbocycles. The van der Waals surface area contributed by atoms with Crippen LogP contribution in [0.15, 0.2) is 24.8 Å². The van der Waals surface area contributed by atoms with Gasteiger partial charge in [0.15, 0.2) is 0 Å². The number of allylic oxidation sites excluding steroid dienone is 2. The molecule has 8 atom stereocenters. The summed E-state index contributed by atoms with van der Waals surface area (Å²) >= 11 is 0. The molecule has 5 rings (SSSR count). The van der Waals surface area contributed by atoms with Gasteiger partial charge in [0.1, 0.15) is 0 Å². The molecule has 0 bridgehead atoms. The van der Waals surface area contributed by atoms with Gasteiger partial charge in [0, 0.05) is 0 Å². The predicted molar refractivity (Wildman–Crippen MR) is 141 cm³/mol. The van der Waals surface area contributed by atoms with Gasteiger partial charge in [-0.15, -0.1) is 6.58 Å². The van der Waals surface area contributed by atoms with Crippen molar-refractivity contribution in [3.8, 4) is 0 Å². The molecule has 0 N–H and O–H groups in total. The maximum absolute atomic E-state index is 4.55. The zero-order chi connectivity index (χ0) is 23.6. The van der Waals surface area contributed by atoms with Gasteiger partial charge in [-0.2, -0.15) is 0 Å². The predicted octanol–water partition coefficient (Wildman–Crippen LogP) is 10.0. The van der Waals surface area contributed by atoms with E-state index in [9.17, 15) is 0 Å². The van der Waals surface area contributed by atoms with E-state index in [-0.39, 0.29) is 0 Å². The lowest BCUT2D eigenvalue weighted by molar-refractivity contribution is -0.231. The van der Waals surface area contributed by atoms with Gasteiger partial charge in [0.05, 0.1) is 0 Å². The summed E-state index contributed by atoms with van der Waals surface area (Å²) in [5.41, 5.74) is 4.28. The van der Waals surface area contributed by atoms with Crippen LogP contribution in [0.4, 0.5) is 0 Å². The SMILES string of the molecule is C=C(C)C12CCCC1[C@H]1CCC3[C@@]4(C)CCCC(C)(C)C4CC[C@@]3(C)[C@]1(C)CC2.C=CC. The Balaban J connectivity index is 0.000000775. The van der Waals surface area contributed by atoms with E-state index in [1.807, 2.05) is 6.92 Å². The minimum Gasteiger partial charge on any atom is -0.103 e. The monoisotopic (exact) mass is 438 g/mol. The maximum atomic E-state index is 4.55. The van der Waals surface area contributed by atoms with E-state index >= 15 is 0 Å². The van der Waals surface area contributed by atoms with Gasteiger partial charge in [0.2, 0.25) is 0 Å². The van der Waals surface area contributed by atoms with Crippen molar-refractivity contribution in [1.29, 1.82) is 0 Å². The fourth-order valence-corrected chi connectivity index (χ4v) is 11.4. The van der Waals surface area contributed by atoms with Crippen LogP contribution in [0.3, 0.4) is 0 Å². The van der Waals surface area contributed by atoms with Crippen molar-refractivity contribution in [3.05, 3.63) is 24.8 Å². The Labute approximate surface area is 201 Å². The molecule has 0 nitrogen and oxygen atoms in total. The minimum absolute atomic E-state index is 0.501. The maximum Gasteiger partial charge on any atom is -0.00622 e. The molecule has 182 valence electrons. The molecule has 5 aliphatic carbocycles. The van der Waals surface area contributed by atoms with Gasteiger partial charge in [-0.1, -0.05) is 65.7 Å². The van der Waals surface area contributed by atoms with Crippen LogP contribution in [0.1, 0.15) is 126 Å². The van der Waals surface area contributed by atoms with Crippen LogP contribution < -0.4 is 0 Å². The van der Waals surface area contributed by atoms with E-state index < -0.39 is 0 Å². The third kappa shape index (κ3) is 3.12. The summed E-state index contributed by atoms with van der Waals surface area (Å²) in [5, 5.41) is 0. The smallest absolute Gasteiger partial charge is 0.00622 e. The topological polar surface area (TPSA) is 0 Å². The summed E-state index contributed by atoms with van der Waals surface area (Å²) in [4.78, 5) is 0. The summed E-state index contributed by atoms with van der Waals surface area (Å²) in [5.74, 6) is 3.79. The lowest BCUT2D eigenvalue weighted by atomic mass is 9.32. The Hall–Kier alpha value is -0.520. The van der Waals surface area contributed by atoms with Gasteiger partial charge in [-0.25, -0.2) is 0 Å². The van der Waals surface area contributed by atoms with Crippen molar-refractivity contribution in [3.63, 3.8) is 0 Å². The second-order valence-corrected chi connectivity index (χ2v) is 14.4. The fraction of sp³-hybridized carbons (Fsp3) is 0.875. The van der Waals surface area contributed by atoms with Crippen LogP contribution in [-0.2, 0) is 0 Å². The zero-order valence-electron chi connectivity index (χ0n) is 22.8. The zero-order valence-corrected chi connectivity index (χ0v) is 22.8. The highest BCUT2D eigenvalue weighted by atomic mass is 14.7. The first-order chi connectivity index (χ1) is 14.9. The Morgan fingerprint density at radius 2 is 1.41 bits per heavy atom. The van der Waals surface area contributed by atoms with E-state index in [2.05, 4.69) is 54.7 Å². The molecule has 0 amide bonds. The standard InChI is InChI=1S/C29H48.C3H6/c1-20(2)29-16-8-10-22(29)21-11-12-24-26(5)15-9-14-25(3,4)23(26)13-17-28(24,7)27(21,6)18-19-29;1-3-2/h21-24H,1,8-19H2,2-7H3;3H,1H2,2H3/t21-,22?,23?,24?,26+,27-,28-,29?;/m1./s1. The number of hydrogen-bond donors (Lipinski definition) is 0. The summed E-state index contributed by atoms with van der Waals surface area (Å²) in [6.07, 6.45) is 19.5. The summed E-state index contributed by atoms with van der Waals surface area (Å²) in [6.45, 7) is 25.7. The van der Waals surface area contributed by atoms with Gasteiger partial charge in [-0.3, -0.25) is 0 Å². The average molecular weight is 439 g/mol. The first kappa shape index (κ1) is 24.6. The van der Waals surface area contributed by atoms with Gasteiger partial charge < -0.3 is 0 Å². The third-order valence-electron chi connectivity index (χ3n) is 13.0. The highest BCUT2D eigenvalue weighted by Crippen LogP contribution is 2.77. The Morgan fingerprint density at radius 1 is 0.719 bits per heavy atom. The van der Waals surface area contributed by atoms with Crippen LogP contribution in [0.2, 0.25) is 0 Å². The highest BCUT2D eigenvalue weighted by Gasteiger charge is 2.69. The summed E-state index contributed by atoms with van der Waals surface area (Å²) in [6, 6.07) is 0. The lowest BCUT2D eigenvalue weighted by Gasteiger charge is -2.72. The molecule has 0 aliphatic heterocycles. The molecule has 0 aromatic heterocycles. The molecule has 5 fully saturated rings. The van der Waals surface area contributed by atoms with Gasteiger partial charge in [0.25, 0.3) is 0 Å². The van der Waals surface area contributed by atoms with E-state index in [0.717, 1.165) is 23.7 Å². The van der Waals surface area contributed by atoms with Gasteiger partial charge >= 0.3 is 0 Å². The van der Waals surface area contributed by atoms with Crippen LogP contribution in [0.25, 0.3) is 0 Å². The molecule has 4 unspecified atom stereocenters. The van der Waals surface area contributed by atoms with Crippen molar-refractivity contribution in [1.82, 2.24) is 0 Å². The molecule has 5 aliphatic rings. The largest absolute Gasteiger partial charge is 0.103 e. The molecule has 0 aromatic carbocycles. The van der Waals surface area contributed by atoms with E-state index in [4.69, 9.17) is 0 Å². The van der Waals surface area contributed by atoms with Crippen molar-refractivity contribution in [2.75, 3.05) is 0 Å². The average Bonchev–Trinajstić information content (AvgIpc) is 3.14. The van der Waals surface area contributed by atoms with Crippen LogP contribution in [0.5, 0.6) is 0 Å². The molecule has 0 aromatic rings. The second-order valence-electron chi connectivity index (χ2n) is 14.4. The van der Waals surface area contributed by atoms with Crippen LogP contribution in [0, 0.1) is 50.7 Å². The van der Waals surface area contributed by atoms with Gasteiger partial charge in [-0.05, 0) is 129 Å². The molecule has 0 heterocycles. The number of fused-ring (bicyclic) bond motifs is 7. The normalized spacial score (nSPS) is 51.1.